The molecular formula is C12H22O3. The Bertz CT molecular complexity index is 247. The minimum absolute atomic E-state index is 0.109. The number of aliphatic hydroxyl groups is 1. The van der Waals surface area contributed by atoms with Gasteiger partial charge in [0.1, 0.15) is 0 Å². The molecule has 0 heterocycles. The first kappa shape index (κ1) is 12.5. The van der Waals surface area contributed by atoms with Crippen molar-refractivity contribution in [2.75, 3.05) is 7.11 Å². The summed E-state index contributed by atoms with van der Waals surface area (Å²) in [6.07, 6.45) is 3.18. The van der Waals surface area contributed by atoms with Crippen LogP contribution in [0.15, 0.2) is 0 Å². The first-order chi connectivity index (χ1) is 6.83. The summed E-state index contributed by atoms with van der Waals surface area (Å²) in [7, 11) is 1.37. The molecule has 15 heavy (non-hydrogen) atoms. The molecule has 0 aliphatic heterocycles. The Morgan fingerprint density at radius 1 is 1.53 bits per heavy atom. The molecule has 3 heteroatoms. The number of methoxy groups -OCH3 is 1. The number of rotatable bonds is 2. The molecule has 1 N–H and O–H groups in total. The van der Waals surface area contributed by atoms with E-state index in [0.29, 0.717) is 0 Å². The lowest BCUT2D eigenvalue weighted by Gasteiger charge is -2.50. The summed E-state index contributed by atoms with van der Waals surface area (Å²) in [6, 6.07) is 0. The maximum atomic E-state index is 11.3. The zero-order valence-electron chi connectivity index (χ0n) is 10.2. The van der Waals surface area contributed by atoms with E-state index >= 15 is 0 Å². The summed E-state index contributed by atoms with van der Waals surface area (Å²) < 4.78 is 4.66. The van der Waals surface area contributed by atoms with Crippen LogP contribution in [0.2, 0.25) is 0 Å². The smallest absolute Gasteiger partial charge is 0.308 e. The maximum Gasteiger partial charge on any atom is 0.308 e. The fraction of sp³-hybridized carbons (Fsp3) is 0.917. The second-order valence-corrected chi connectivity index (χ2v) is 5.35. The Morgan fingerprint density at radius 2 is 2.13 bits per heavy atom. The summed E-state index contributed by atoms with van der Waals surface area (Å²) in [6.45, 7) is 6.08. The fourth-order valence-electron chi connectivity index (χ4n) is 2.68. The molecule has 1 aliphatic carbocycles. The highest BCUT2D eigenvalue weighted by molar-refractivity contribution is 5.70. The maximum absolute atomic E-state index is 11.3. The van der Waals surface area contributed by atoms with Gasteiger partial charge in [0.2, 0.25) is 0 Å². The van der Waals surface area contributed by atoms with Crippen molar-refractivity contribution in [3.63, 3.8) is 0 Å². The second-order valence-electron chi connectivity index (χ2n) is 5.35. The van der Waals surface area contributed by atoms with Crippen molar-refractivity contribution in [1.29, 1.82) is 0 Å². The number of ether oxygens (including phenoxy) is 1. The molecule has 88 valence electrons. The average molecular weight is 214 g/mol. The summed E-state index contributed by atoms with van der Waals surface area (Å²) >= 11 is 0. The lowest BCUT2D eigenvalue weighted by atomic mass is 9.59. The molecule has 0 aromatic heterocycles. The van der Waals surface area contributed by atoms with Gasteiger partial charge in [-0.25, -0.2) is 0 Å². The first-order valence-corrected chi connectivity index (χ1v) is 5.63. The Kier molecular flexibility index (Phi) is 3.44. The van der Waals surface area contributed by atoms with Gasteiger partial charge in [0, 0.05) is 0 Å². The van der Waals surface area contributed by atoms with E-state index in [9.17, 15) is 9.90 Å². The molecule has 0 aromatic rings. The van der Waals surface area contributed by atoms with E-state index in [-0.39, 0.29) is 23.7 Å². The quantitative estimate of drug-likeness (QED) is 0.716. The lowest BCUT2D eigenvalue weighted by molar-refractivity contribution is -0.168. The Morgan fingerprint density at radius 3 is 2.60 bits per heavy atom. The van der Waals surface area contributed by atoms with Crippen LogP contribution >= 0.6 is 0 Å². The fourth-order valence-corrected chi connectivity index (χ4v) is 2.68. The van der Waals surface area contributed by atoms with Gasteiger partial charge >= 0.3 is 5.97 Å². The SMILES string of the molecule is COC(=O)C[C@@]1(O)[C@H](C)CCCC1(C)C. The zero-order chi connectivity index (χ0) is 11.7. The van der Waals surface area contributed by atoms with Gasteiger partial charge in [0.15, 0.2) is 0 Å². The van der Waals surface area contributed by atoms with Crippen molar-refractivity contribution in [3.8, 4) is 0 Å². The minimum Gasteiger partial charge on any atom is -0.469 e. The van der Waals surface area contributed by atoms with Crippen LogP contribution in [-0.2, 0) is 9.53 Å². The topological polar surface area (TPSA) is 46.5 Å². The van der Waals surface area contributed by atoms with Gasteiger partial charge in [-0.15, -0.1) is 0 Å². The predicted molar refractivity (Wildman–Crippen MR) is 58.4 cm³/mol. The molecule has 0 unspecified atom stereocenters. The Hall–Kier alpha value is -0.570. The van der Waals surface area contributed by atoms with Crippen LogP contribution in [0.3, 0.4) is 0 Å². The molecule has 0 bridgehead atoms. The largest absolute Gasteiger partial charge is 0.469 e. The van der Waals surface area contributed by atoms with E-state index in [1.807, 2.05) is 20.8 Å². The summed E-state index contributed by atoms with van der Waals surface area (Å²) in [5.41, 5.74) is -1.13. The van der Waals surface area contributed by atoms with Gasteiger partial charge < -0.3 is 9.84 Å². The van der Waals surface area contributed by atoms with E-state index in [0.717, 1.165) is 19.3 Å². The molecule has 1 aliphatic rings. The van der Waals surface area contributed by atoms with E-state index in [1.165, 1.54) is 7.11 Å². The number of carbonyl (C=O) groups excluding carboxylic acids is 1. The highest BCUT2D eigenvalue weighted by atomic mass is 16.5. The van der Waals surface area contributed by atoms with E-state index in [1.54, 1.807) is 0 Å². The Labute approximate surface area is 91.8 Å². The molecule has 0 radical (unpaired) electrons. The van der Waals surface area contributed by atoms with Gasteiger partial charge in [-0.2, -0.15) is 0 Å². The van der Waals surface area contributed by atoms with Crippen molar-refractivity contribution in [1.82, 2.24) is 0 Å². The van der Waals surface area contributed by atoms with E-state index < -0.39 is 5.60 Å². The lowest BCUT2D eigenvalue weighted by Crippen LogP contribution is -2.53. The zero-order valence-corrected chi connectivity index (χ0v) is 10.2. The second kappa shape index (κ2) is 4.12. The first-order valence-electron chi connectivity index (χ1n) is 5.63. The third-order valence-corrected chi connectivity index (χ3v) is 4.07. The highest BCUT2D eigenvalue weighted by Crippen LogP contribution is 2.48. The normalized spacial score (nSPS) is 34.9. The van der Waals surface area contributed by atoms with E-state index in [2.05, 4.69) is 4.74 Å². The van der Waals surface area contributed by atoms with Gasteiger partial charge in [-0.05, 0) is 24.2 Å². The predicted octanol–water partition coefficient (Wildman–Crippen LogP) is 2.13. The molecule has 0 saturated heterocycles. The summed E-state index contributed by atoms with van der Waals surface area (Å²) in [4.78, 5) is 11.3. The molecule has 0 spiro atoms. The molecular weight excluding hydrogens is 192 g/mol. The van der Waals surface area contributed by atoms with Crippen LogP contribution in [0.25, 0.3) is 0 Å². The summed E-state index contributed by atoms with van der Waals surface area (Å²) in [5, 5.41) is 10.7. The molecule has 2 atom stereocenters. The third-order valence-electron chi connectivity index (χ3n) is 4.07. The third kappa shape index (κ3) is 2.17. The van der Waals surface area contributed by atoms with Crippen molar-refractivity contribution >= 4 is 5.97 Å². The van der Waals surface area contributed by atoms with Gasteiger partial charge in [-0.3, -0.25) is 4.79 Å². The van der Waals surface area contributed by atoms with Crippen LogP contribution in [-0.4, -0.2) is 23.8 Å². The van der Waals surface area contributed by atoms with Crippen molar-refractivity contribution < 1.29 is 14.6 Å². The van der Waals surface area contributed by atoms with Crippen molar-refractivity contribution in [2.24, 2.45) is 11.3 Å². The van der Waals surface area contributed by atoms with Gasteiger partial charge in [-0.1, -0.05) is 27.2 Å². The van der Waals surface area contributed by atoms with Crippen LogP contribution in [0.1, 0.15) is 46.5 Å². The molecule has 0 amide bonds. The van der Waals surface area contributed by atoms with E-state index in [4.69, 9.17) is 0 Å². The molecule has 3 nitrogen and oxygen atoms in total. The standard InChI is InChI=1S/C12H22O3/c1-9-6-5-7-11(2,3)12(9,14)8-10(13)15-4/h9,14H,5-8H2,1-4H3/t9-,12-/m1/s1. The van der Waals surface area contributed by atoms with Crippen LogP contribution in [0, 0.1) is 11.3 Å². The number of hydrogen-bond acceptors (Lipinski definition) is 3. The molecule has 1 rings (SSSR count). The number of esters is 1. The molecule has 1 saturated carbocycles. The van der Waals surface area contributed by atoms with Crippen LogP contribution in [0.5, 0.6) is 0 Å². The summed E-state index contributed by atoms with van der Waals surface area (Å²) in [5.74, 6) is -0.167. The van der Waals surface area contributed by atoms with Crippen LogP contribution < -0.4 is 0 Å². The minimum atomic E-state index is -0.918. The van der Waals surface area contributed by atoms with Crippen LogP contribution in [0.4, 0.5) is 0 Å². The average Bonchev–Trinajstić information content (AvgIpc) is 2.14. The monoisotopic (exact) mass is 214 g/mol. The number of carbonyl (C=O) groups is 1. The highest BCUT2D eigenvalue weighted by Gasteiger charge is 2.50. The van der Waals surface area contributed by atoms with Gasteiger partial charge in [0.25, 0.3) is 0 Å². The van der Waals surface area contributed by atoms with Gasteiger partial charge in [0.05, 0.1) is 19.1 Å². The molecule has 1 fully saturated rings. The number of hydrogen-bond donors (Lipinski definition) is 1. The van der Waals surface area contributed by atoms with Crippen molar-refractivity contribution in [2.45, 2.75) is 52.1 Å². The Balaban J connectivity index is 2.88. The van der Waals surface area contributed by atoms with Crippen molar-refractivity contribution in [3.05, 3.63) is 0 Å². The molecule has 0 aromatic carbocycles.